The van der Waals surface area contributed by atoms with Crippen LogP contribution in [0.4, 0.5) is 0 Å². The zero-order chi connectivity index (χ0) is 11.5. The van der Waals surface area contributed by atoms with E-state index in [0.717, 1.165) is 29.5 Å². The van der Waals surface area contributed by atoms with E-state index in [0.29, 0.717) is 0 Å². The van der Waals surface area contributed by atoms with Crippen molar-refractivity contribution in [2.45, 2.75) is 26.9 Å². The molecule has 86 valence electrons. The number of rotatable bonds is 4. The molecular weight excluding hydrogens is 220 g/mol. The minimum atomic E-state index is 0.826. The minimum absolute atomic E-state index is 0.826. The topological polar surface area (TPSA) is 42.7 Å². The van der Waals surface area contributed by atoms with Crippen molar-refractivity contribution in [2.75, 3.05) is 0 Å². The third kappa shape index (κ3) is 2.68. The van der Waals surface area contributed by atoms with Gasteiger partial charge in [-0.15, -0.1) is 11.3 Å². The average Bonchev–Trinajstić information content (AvgIpc) is 2.74. The van der Waals surface area contributed by atoms with Gasteiger partial charge in [0.25, 0.3) is 0 Å². The SMILES string of the molecule is Cc1csc(CNCc2cn(C)nc2C)n1. The molecule has 0 saturated heterocycles. The van der Waals surface area contributed by atoms with Gasteiger partial charge in [0.15, 0.2) is 0 Å². The van der Waals surface area contributed by atoms with Gasteiger partial charge in [-0.25, -0.2) is 4.98 Å². The van der Waals surface area contributed by atoms with E-state index >= 15 is 0 Å². The van der Waals surface area contributed by atoms with Gasteiger partial charge in [-0.1, -0.05) is 0 Å². The number of nitrogens with one attached hydrogen (secondary N) is 1. The van der Waals surface area contributed by atoms with Crippen LogP contribution in [0.1, 0.15) is 22.0 Å². The summed E-state index contributed by atoms with van der Waals surface area (Å²) in [6.45, 7) is 5.72. The molecule has 1 N–H and O–H groups in total. The zero-order valence-electron chi connectivity index (χ0n) is 9.82. The summed E-state index contributed by atoms with van der Waals surface area (Å²) in [7, 11) is 1.95. The largest absolute Gasteiger partial charge is 0.306 e. The number of hydrogen-bond donors (Lipinski definition) is 1. The third-order valence-corrected chi connectivity index (χ3v) is 3.34. The predicted molar refractivity (Wildman–Crippen MR) is 65.3 cm³/mol. The van der Waals surface area contributed by atoms with Gasteiger partial charge >= 0.3 is 0 Å². The van der Waals surface area contributed by atoms with Crippen molar-refractivity contribution in [3.05, 3.63) is 33.5 Å². The first-order valence-corrected chi connectivity index (χ1v) is 6.14. The molecule has 0 bridgehead atoms. The Labute approximate surface area is 99.3 Å². The van der Waals surface area contributed by atoms with E-state index in [1.54, 1.807) is 11.3 Å². The molecular formula is C11H16N4S. The van der Waals surface area contributed by atoms with Crippen LogP contribution in [-0.2, 0) is 20.1 Å². The molecule has 0 atom stereocenters. The van der Waals surface area contributed by atoms with E-state index in [1.807, 2.05) is 25.6 Å². The second-order valence-corrected chi connectivity index (χ2v) is 4.84. The zero-order valence-corrected chi connectivity index (χ0v) is 10.6. The number of thiazole rings is 1. The van der Waals surface area contributed by atoms with Gasteiger partial charge in [0.05, 0.1) is 5.69 Å². The Hall–Kier alpha value is -1.20. The maximum Gasteiger partial charge on any atom is 0.107 e. The predicted octanol–water partition coefficient (Wildman–Crippen LogP) is 1.78. The Morgan fingerprint density at radius 3 is 2.75 bits per heavy atom. The van der Waals surface area contributed by atoms with Crippen LogP contribution in [0.5, 0.6) is 0 Å². The molecule has 0 saturated carbocycles. The van der Waals surface area contributed by atoms with Gasteiger partial charge in [0.2, 0.25) is 0 Å². The van der Waals surface area contributed by atoms with Crippen molar-refractivity contribution >= 4 is 11.3 Å². The van der Waals surface area contributed by atoms with E-state index in [9.17, 15) is 0 Å². The fraction of sp³-hybridized carbons (Fsp3) is 0.455. The molecule has 16 heavy (non-hydrogen) atoms. The lowest BCUT2D eigenvalue weighted by Gasteiger charge is -2.00. The van der Waals surface area contributed by atoms with Crippen LogP contribution in [0.3, 0.4) is 0 Å². The first-order chi connectivity index (χ1) is 7.65. The summed E-state index contributed by atoms with van der Waals surface area (Å²) < 4.78 is 1.85. The highest BCUT2D eigenvalue weighted by molar-refractivity contribution is 7.09. The average molecular weight is 236 g/mol. The third-order valence-electron chi connectivity index (χ3n) is 2.37. The first kappa shape index (κ1) is 11.3. The van der Waals surface area contributed by atoms with Crippen LogP contribution in [0, 0.1) is 13.8 Å². The molecule has 4 nitrogen and oxygen atoms in total. The Bertz CT molecular complexity index is 472. The van der Waals surface area contributed by atoms with Gasteiger partial charge in [-0.2, -0.15) is 5.10 Å². The summed E-state index contributed by atoms with van der Waals surface area (Å²) in [5.41, 5.74) is 3.43. The molecule has 2 aromatic heterocycles. The molecule has 0 aliphatic heterocycles. The van der Waals surface area contributed by atoms with Gasteiger partial charge in [0.1, 0.15) is 5.01 Å². The molecule has 0 aromatic carbocycles. The van der Waals surface area contributed by atoms with E-state index in [-0.39, 0.29) is 0 Å². The molecule has 0 radical (unpaired) electrons. The van der Waals surface area contributed by atoms with E-state index in [4.69, 9.17) is 0 Å². The van der Waals surface area contributed by atoms with Gasteiger partial charge in [-0.05, 0) is 13.8 Å². The lowest BCUT2D eigenvalue weighted by Crippen LogP contribution is -2.12. The molecule has 0 fully saturated rings. The van der Waals surface area contributed by atoms with Crippen LogP contribution in [-0.4, -0.2) is 14.8 Å². The van der Waals surface area contributed by atoms with Crippen LogP contribution >= 0.6 is 11.3 Å². The number of nitrogens with zero attached hydrogens (tertiary/aromatic N) is 3. The number of aromatic nitrogens is 3. The second kappa shape index (κ2) is 4.76. The number of aryl methyl sites for hydroxylation is 3. The highest BCUT2D eigenvalue weighted by Gasteiger charge is 2.03. The molecule has 0 aliphatic rings. The Balaban J connectivity index is 1.86. The summed E-state index contributed by atoms with van der Waals surface area (Å²) in [5.74, 6) is 0. The van der Waals surface area contributed by atoms with Crippen LogP contribution in [0.25, 0.3) is 0 Å². The monoisotopic (exact) mass is 236 g/mol. The van der Waals surface area contributed by atoms with Gasteiger partial charge in [0, 0.05) is 43.0 Å². The summed E-state index contributed by atoms with van der Waals surface area (Å²) in [5, 5.41) is 10.9. The summed E-state index contributed by atoms with van der Waals surface area (Å²) >= 11 is 1.70. The van der Waals surface area contributed by atoms with E-state index in [1.165, 1.54) is 5.56 Å². The lowest BCUT2D eigenvalue weighted by atomic mass is 10.2. The summed E-state index contributed by atoms with van der Waals surface area (Å²) in [6, 6.07) is 0. The van der Waals surface area contributed by atoms with Crippen molar-refractivity contribution in [3.8, 4) is 0 Å². The van der Waals surface area contributed by atoms with Crippen LogP contribution in [0.2, 0.25) is 0 Å². The first-order valence-electron chi connectivity index (χ1n) is 5.26. The summed E-state index contributed by atoms with van der Waals surface area (Å²) in [6.07, 6.45) is 2.05. The molecule has 0 unspecified atom stereocenters. The van der Waals surface area contributed by atoms with Crippen molar-refractivity contribution < 1.29 is 0 Å². The normalized spacial score (nSPS) is 10.9. The van der Waals surface area contributed by atoms with Crippen LogP contribution < -0.4 is 5.32 Å². The van der Waals surface area contributed by atoms with Crippen molar-refractivity contribution in [3.63, 3.8) is 0 Å². The van der Waals surface area contributed by atoms with E-state index in [2.05, 4.69) is 27.0 Å². The quantitative estimate of drug-likeness (QED) is 0.880. The fourth-order valence-electron chi connectivity index (χ4n) is 1.61. The maximum atomic E-state index is 4.40. The summed E-state index contributed by atoms with van der Waals surface area (Å²) in [4.78, 5) is 4.40. The second-order valence-electron chi connectivity index (χ2n) is 3.90. The highest BCUT2D eigenvalue weighted by Crippen LogP contribution is 2.09. The smallest absolute Gasteiger partial charge is 0.107 e. The molecule has 5 heteroatoms. The molecule has 0 spiro atoms. The van der Waals surface area contributed by atoms with Crippen LogP contribution in [0.15, 0.2) is 11.6 Å². The number of hydrogen-bond acceptors (Lipinski definition) is 4. The van der Waals surface area contributed by atoms with Gasteiger partial charge in [-0.3, -0.25) is 4.68 Å². The van der Waals surface area contributed by atoms with Crippen molar-refractivity contribution in [2.24, 2.45) is 7.05 Å². The Morgan fingerprint density at radius 1 is 1.38 bits per heavy atom. The molecule has 2 aromatic rings. The minimum Gasteiger partial charge on any atom is -0.306 e. The molecule has 2 rings (SSSR count). The maximum absolute atomic E-state index is 4.40. The Kier molecular flexibility index (Phi) is 3.36. The van der Waals surface area contributed by atoms with Crippen molar-refractivity contribution in [1.82, 2.24) is 20.1 Å². The van der Waals surface area contributed by atoms with Gasteiger partial charge < -0.3 is 5.32 Å². The van der Waals surface area contributed by atoms with Crippen molar-refractivity contribution in [1.29, 1.82) is 0 Å². The lowest BCUT2D eigenvalue weighted by molar-refractivity contribution is 0.686. The highest BCUT2D eigenvalue weighted by atomic mass is 32.1. The molecule has 0 amide bonds. The Morgan fingerprint density at radius 2 is 2.19 bits per heavy atom. The molecule has 0 aliphatic carbocycles. The van der Waals surface area contributed by atoms with E-state index < -0.39 is 0 Å². The fourth-order valence-corrected chi connectivity index (χ4v) is 2.35. The standard InChI is InChI=1S/C11H16N4S/c1-8-7-16-11(13-8)5-12-4-10-6-15(3)14-9(10)2/h6-7,12H,4-5H2,1-3H3. The molecule has 2 heterocycles.